The molecule has 1 aromatic carbocycles. The van der Waals surface area contributed by atoms with Crippen molar-refractivity contribution in [3.05, 3.63) is 35.9 Å². The zero-order valence-corrected chi connectivity index (χ0v) is 8.43. The third-order valence-electron chi connectivity index (χ3n) is 2.25. The van der Waals surface area contributed by atoms with Crippen LogP contribution in [0.15, 0.2) is 30.3 Å². The highest BCUT2D eigenvalue weighted by Gasteiger charge is 2.32. The monoisotopic (exact) mass is 207 g/mol. The standard InChI is InChI=1S/C11H13NO3/c1-11(10(14)15,12-8-13)7-9-5-3-2-4-6-9/h2-6,8H,7H2,1H3,(H,12,13)(H,14,15)/t11-/m1/s1. The van der Waals surface area contributed by atoms with Crippen LogP contribution in [0.5, 0.6) is 0 Å². The Morgan fingerprint density at radius 1 is 1.47 bits per heavy atom. The molecule has 1 aromatic rings. The Morgan fingerprint density at radius 3 is 2.53 bits per heavy atom. The first kappa shape index (κ1) is 11.2. The fourth-order valence-corrected chi connectivity index (χ4v) is 1.32. The summed E-state index contributed by atoms with van der Waals surface area (Å²) < 4.78 is 0. The molecule has 80 valence electrons. The van der Waals surface area contributed by atoms with E-state index in [1.807, 2.05) is 30.3 Å². The van der Waals surface area contributed by atoms with Gasteiger partial charge in [0.05, 0.1) is 0 Å². The van der Waals surface area contributed by atoms with Crippen molar-refractivity contribution in [1.29, 1.82) is 0 Å². The minimum Gasteiger partial charge on any atom is -0.480 e. The number of rotatable bonds is 5. The Bertz CT molecular complexity index is 350. The van der Waals surface area contributed by atoms with Crippen LogP contribution in [-0.4, -0.2) is 23.0 Å². The summed E-state index contributed by atoms with van der Waals surface area (Å²) in [5.41, 5.74) is -0.375. The molecule has 0 aliphatic rings. The van der Waals surface area contributed by atoms with E-state index in [-0.39, 0.29) is 6.42 Å². The van der Waals surface area contributed by atoms with E-state index in [0.717, 1.165) is 5.56 Å². The number of benzene rings is 1. The second-order valence-corrected chi connectivity index (χ2v) is 3.56. The van der Waals surface area contributed by atoms with Crippen molar-refractivity contribution in [3.8, 4) is 0 Å². The van der Waals surface area contributed by atoms with Gasteiger partial charge < -0.3 is 10.4 Å². The summed E-state index contributed by atoms with van der Waals surface area (Å²) in [6.07, 6.45) is 0.680. The molecular weight excluding hydrogens is 194 g/mol. The molecule has 15 heavy (non-hydrogen) atoms. The highest BCUT2D eigenvalue weighted by Crippen LogP contribution is 2.12. The van der Waals surface area contributed by atoms with Crippen molar-refractivity contribution in [3.63, 3.8) is 0 Å². The second-order valence-electron chi connectivity index (χ2n) is 3.56. The van der Waals surface area contributed by atoms with Crippen molar-refractivity contribution in [2.45, 2.75) is 18.9 Å². The molecule has 0 heterocycles. The van der Waals surface area contributed by atoms with Crippen LogP contribution in [-0.2, 0) is 16.0 Å². The van der Waals surface area contributed by atoms with E-state index in [4.69, 9.17) is 5.11 Å². The molecule has 0 radical (unpaired) electrons. The van der Waals surface area contributed by atoms with Gasteiger partial charge in [-0.25, -0.2) is 4.79 Å². The fourth-order valence-electron chi connectivity index (χ4n) is 1.32. The summed E-state index contributed by atoms with van der Waals surface area (Å²) in [6, 6.07) is 9.17. The van der Waals surface area contributed by atoms with Gasteiger partial charge in [0.2, 0.25) is 6.41 Å². The molecule has 0 aliphatic heterocycles. The summed E-state index contributed by atoms with van der Waals surface area (Å²) in [5.74, 6) is -1.04. The smallest absolute Gasteiger partial charge is 0.329 e. The van der Waals surface area contributed by atoms with Crippen LogP contribution >= 0.6 is 0 Å². The lowest BCUT2D eigenvalue weighted by molar-refractivity contribution is -0.145. The quantitative estimate of drug-likeness (QED) is 0.702. The van der Waals surface area contributed by atoms with E-state index in [0.29, 0.717) is 6.41 Å². The Hall–Kier alpha value is -1.84. The first-order chi connectivity index (χ1) is 7.08. The third-order valence-corrected chi connectivity index (χ3v) is 2.25. The molecule has 0 spiro atoms. The fraction of sp³-hybridized carbons (Fsp3) is 0.273. The van der Waals surface area contributed by atoms with E-state index < -0.39 is 11.5 Å². The summed E-state index contributed by atoms with van der Waals surface area (Å²) in [5, 5.41) is 11.3. The molecule has 1 amide bonds. The van der Waals surface area contributed by atoms with Crippen LogP contribution in [0.2, 0.25) is 0 Å². The van der Waals surface area contributed by atoms with Crippen molar-refractivity contribution in [1.82, 2.24) is 5.32 Å². The molecule has 4 nitrogen and oxygen atoms in total. The molecule has 1 atom stereocenters. The second kappa shape index (κ2) is 4.59. The van der Waals surface area contributed by atoms with Gasteiger partial charge >= 0.3 is 5.97 Å². The lowest BCUT2D eigenvalue weighted by Crippen LogP contribution is -2.50. The molecule has 2 N–H and O–H groups in total. The normalized spacial score (nSPS) is 13.9. The molecule has 0 aromatic heterocycles. The molecule has 0 bridgehead atoms. The average Bonchev–Trinajstić information content (AvgIpc) is 2.19. The van der Waals surface area contributed by atoms with Gasteiger partial charge in [0, 0.05) is 6.42 Å². The molecule has 1 rings (SSSR count). The number of carboxylic acids is 1. The zero-order valence-electron chi connectivity index (χ0n) is 8.43. The van der Waals surface area contributed by atoms with E-state index in [1.165, 1.54) is 6.92 Å². The molecular formula is C11H13NO3. The number of carbonyl (C=O) groups excluding carboxylic acids is 1. The first-order valence-corrected chi connectivity index (χ1v) is 4.57. The predicted molar refractivity (Wildman–Crippen MR) is 55.4 cm³/mol. The zero-order chi connectivity index (χ0) is 11.3. The first-order valence-electron chi connectivity index (χ1n) is 4.57. The van der Waals surface area contributed by atoms with Gasteiger partial charge in [-0.05, 0) is 12.5 Å². The summed E-state index contributed by atoms with van der Waals surface area (Å²) in [4.78, 5) is 21.3. The van der Waals surface area contributed by atoms with Crippen molar-refractivity contribution < 1.29 is 14.7 Å². The average molecular weight is 207 g/mol. The van der Waals surface area contributed by atoms with E-state index in [2.05, 4.69) is 5.32 Å². The Morgan fingerprint density at radius 2 is 2.07 bits per heavy atom. The SMILES string of the molecule is C[C@](Cc1ccccc1)(NC=O)C(=O)O. The van der Waals surface area contributed by atoms with E-state index in [1.54, 1.807) is 0 Å². The lowest BCUT2D eigenvalue weighted by Gasteiger charge is -2.23. The van der Waals surface area contributed by atoms with Gasteiger partial charge in [-0.2, -0.15) is 0 Å². The highest BCUT2D eigenvalue weighted by atomic mass is 16.4. The van der Waals surface area contributed by atoms with Crippen LogP contribution in [0.25, 0.3) is 0 Å². The Labute approximate surface area is 87.9 Å². The largest absolute Gasteiger partial charge is 0.480 e. The maximum absolute atomic E-state index is 11.0. The van der Waals surface area contributed by atoms with Gasteiger partial charge in [0.15, 0.2) is 0 Å². The predicted octanol–water partition coefficient (Wildman–Crippen LogP) is 0.818. The van der Waals surface area contributed by atoms with Crippen molar-refractivity contribution >= 4 is 12.4 Å². The maximum Gasteiger partial charge on any atom is 0.329 e. The highest BCUT2D eigenvalue weighted by molar-refractivity contribution is 5.81. The Kier molecular flexibility index (Phi) is 3.44. The van der Waals surface area contributed by atoms with Gasteiger partial charge in [-0.1, -0.05) is 30.3 Å². The van der Waals surface area contributed by atoms with E-state index >= 15 is 0 Å². The number of carbonyl (C=O) groups is 2. The van der Waals surface area contributed by atoms with Crippen LogP contribution in [0.4, 0.5) is 0 Å². The lowest BCUT2D eigenvalue weighted by atomic mass is 9.93. The minimum atomic E-state index is -1.25. The van der Waals surface area contributed by atoms with Gasteiger partial charge in [0.25, 0.3) is 0 Å². The minimum absolute atomic E-state index is 0.266. The van der Waals surface area contributed by atoms with Crippen LogP contribution < -0.4 is 5.32 Å². The number of carboxylic acid groups (broad SMARTS) is 1. The van der Waals surface area contributed by atoms with Crippen molar-refractivity contribution in [2.24, 2.45) is 0 Å². The molecule has 0 fully saturated rings. The third kappa shape index (κ3) is 2.80. The number of hydrogen-bond acceptors (Lipinski definition) is 2. The van der Waals surface area contributed by atoms with E-state index in [9.17, 15) is 9.59 Å². The Balaban J connectivity index is 2.84. The summed E-state index contributed by atoms with van der Waals surface area (Å²) in [6.45, 7) is 1.48. The number of amides is 1. The summed E-state index contributed by atoms with van der Waals surface area (Å²) >= 11 is 0. The van der Waals surface area contributed by atoms with Crippen LogP contribution in [0, 0.1) is 0 Å². The van der Waals surface area contributed by atoms with Gasteiger partial charge in [-0.15, -0.1) is 0 Å². The maximum atomic E-state index is 11.0. The number of aliphatic carboxylic acids is 1. The number of nitrogens with one attached hydrogen (secondary N) is 1. The number of hydrogen-bond donors (Lipinski definition) is 2. The molecule has 4 heteroatoms. The molecule has 0 aliphatic carbocycles. The molecule has 0 unspecified atom stereocenters. The van der Waals surface area contributed by atoms with Crippen molar-refractivity contribution in [2.75, 3.05) is 0 Å². The summed E-state index contributed by atoms with van der Waals surface area (Å²) in [7, 11) is 0. The van der Waals surface area contributed by atoms with Gasteiger partial charge in [0.1, 0.15) is 5.54 Å². The van der Waals surface area contributed by atoms with Crippen LogP contribution in [0.3, 0.4) is 0 Å². The van der Waals surface area contributed by atoms with Crippen LogP contribution in [0.1, 0.15) is 12.5 Å². The van der Waals surface area contributed by atoms with Gasteiger partial charge in [-0.3, -0.25) is 4.79 Å². The topological polar surface area (TPSA) is 66.4 Å². The molecule has 0 saturated carbocycles. The molecule has 0 saturated heterocycles.